The fraction of sp³-hybridized carbons (Fsp3) is 0.0588. The molecule has 0 unspecified atom stereocenters. The van der Waals surface area contributed by atoms with Gasteiger partial charge in [-0.15, -0.1) is 0 Å². The molecule has 0 atom stereocenters. The summed E-state index contributed by atoms with van der Waals surface area (Å²) in [6, 6.07) is 14.5. The van der Waals surface area contributed by atoms with Crippen molar-refractivity contribution < 1.29 is 4.79 Å². The molecule has 22 heavy (non-hydrogen) atoms. The molecule has 4 nitrogen and oxygen atoms in total. The third-order valence-electron chi connectivity index (χ3n) is 3.33. The summed E-state index contributed by atoms with van der Waals surface area (Å²) in [4.78, 5) is 16.4. The Morgan fingerprint density at radius 2 is 1.91 bits per heavy atom. The molecule has 0 aliphatic heterocycles. The van der Waals surface area contributed by atoms with E-state index in [9.17, 15) is 4.79 Å². The zero-order valence-corrected chi connectivity index (χ0v) is 12.7. The maximum Gasteiger partial charge on any atom is 0.323 e. The molecule has 5 heteroatoms. The van der Waals surface area contributed by atoms with Crippen LogP contribution in [0.15, 0.2) is 54.7 Å². The van der Waals surface area contributed by atoms with Gasteiger partial charge in [0.1, 0.15) is 0 Å². The normalized spacial score (nSPS) is 10.5. The van der Waals surface area contributed by atoms with E-state index in [1.807, 2.05) is 43.3 Å². The number of nitrogens with one attached hydrogen (secondary N) is 2. The van der Waals surface area contributed by atoms with Crippen molar-refractivity contribution in [2.24, 2.45) is 0 Å². The van der Waals surface area contributed by atoms with Crippen LogP contribution >= 0.6 is 11.6 Å². The molecule has 0 saturated carbocycles. The van der Waals surface area contributed by atoms with Gasteiger partial charge >= 0.3 is 6.03 Å². The number of hydrogen-bond donors (Lipinski definition) is 2. The molecule has 2 amide bonds. The number of nitrogens with zero attached hydrogens (tertiary/aromatic N) is 1. The van der Waals surface area contributed by atoms with Crippen LogP contribution in [0.2, 0.25) is 5.02 Å². The van der Waals surface area contributed by atoms with Gasteiger partial charge in [0.15, 0.2) is 0 Å². The van der Waals surface area contributed by atoms with Gasteiger partial charge in [-0.25, -0.2) is 4.79 Å². The fourth-order valence-corrected chi connectivity index (χ4v) is 2.34. The Hall–Kier alpha value is -2.59. The topological polar surface area (TPSA) is 54.0 Å². The standard InChI is InChI=1S/C17H14ClN3O/c1-11-6-7-12(10-14(11)18)20-17(22)21-16-8-9-19-15-5-3-2-4-13(15)16/h2-10H,1H3,(H2,19,20,21,22). The van der Waals surface area contributed by atoms with Gasteiger partial charge in [-0.05, 0) is 36.8 Å². The highest BCUT2D eigenvalue weighted by molar-refractivity contribution is 6.31. The van der Waals surface area contributed by atoms with Gasteiger partial charge in [0.2, 0.25) is 0 Å². The van der Waals surface area contributed by atoms with Crippen molar-refractivity contribution in [3.8, 4) is 0 Å². The number of benzene rings is 2. The van der Waals surface area contributed by atoms with Crippen molar-refractivity contribution in [2.75, 3.05) is 10.6 Å². The summed E-state index contributed by atoms with van der Waals surface area (Å²) >= 11 is 6.06. The summed E-state index contributed by atoms with van der Waals surface area (Å²) in [5.41, 5.74) is 3.15. The predicted octanol–water partition coefficient (Wildman–Crippen LogP) is 4.84. The first-order valence-corrected chi connectivity index (χ1v) is 7.19. The number of halogens is 1. The Balaban J connectivity index is 1.80. The number of aromatic nitrogens is 1. The first-order chi connectivity index (χ1) is 10.6. The molecule has 0 bridgehead atoms. The first-order valence-electron chi connectivity index (χ1n) is 6.81. The molecule has 3 aromatic rings. The second-order valence-corrected chi connectivity index (χ2v) is 5.33. The summed E-state index contributed by atoms with van der Waals surface area (Å²) in [5, 5.41) is 7.11. The molecule has 0 aliphatic rings. The van der Waals surface area contributed by atoms with E-state index in [-0.39, 0.29) is 6.03 Å². The number of amides is 2. The van der Waals surface area contributed by atoms with E-state index < -0.39 is 0 Å². The van der Waals surface area contributed by atoms with Gasteiger partial charge in [0.05, 0.1) is 11.2 Å². The largest absolute Gasteiger partial charge is 0.323 e. The second kappa shape index (κ2) is 6.03. The number of carbonyl (C=O) groups excluding carboxylic acids is 1. The summed E-state index contributed by atoms with van der Waals surface area (Å²) in [6.07, 6.45) is 1.67. The van der Waals surface area contributed by atoms with Gasteiger partial charge < -0.3 is 10.6 Å². The van der Waals surface area contributed by atoms with E-state index in [2.05, 4.69) is 15.6 Å². The van der Waals surface area contributed by atoms with Gasteiger partial charge in [0, 0.05) is 22.3 Å². The lowest BCUT2D eigenvalue weighted by Gasteiger charge is -2.10. The zero-order valence-electron chi connectivity index (χ0n) is 11.9. The number of hydrogen-bond acceptors (Lipinski definition) is 2. The molecule has 1 aromatic heterocycles. The lowest BCUT2D eigenvalue weighted by atomic mass is 10.2. The number of aryl methyl sites for hydroxylation is 1. The van der Waals surface area contributed by atoms with Crippen LogP contribution in [0.3, 0.4) is 0 Å². The van der Waals surface area contributed by atoms with Crippen molar-refractivity contribution in [1.29, 1.82) is 0 Å². The molecule has 0 radical (unpaired) electrons. The van der Waals surface area contributed by atoms with Gasteiger partial charge in [-0.2, -0.15) is 0 Å². The van der Waals surface area contributed by atoms with Crippen molar-refractivity contribution in [3.05, 3.63) is 65.3 Å². The van der Waals surface area contributed by atoms with E-state index >= 15 is 0 Å². The highest BCUT2D eigenvalue weighted by Gasteiger charge is 2.07. The third-order valence-corrected chi connectivity index (χ3v) is 3.73. The fourth-order valence-electron chi connectivity index (χ4n) is 2.16. The lowest BCUT2D eigenvalue weighted by molar-refractivity contribution is 0.262. The van der Waals surface area contributed by atoms with Crippen LogP contribution in [0, 0.1) is 6.92 Å². The Labute approximate surface area is 133 Å². The van der Waals surface area contributed by atoms with E-state index in [0.29, 0.717) is 16.4 Å². The molecule has 0 fully saturated rings. The average molecular weight is 312 g/mol. The van der Waals surface area contributed by atoms with Crippen LogP contribution in [0.25, 0.3) is 10.9 Å². The molecule has 2 aromatic carbocycles. The van der Waals surface area contributed by atoms with Gasteiger partial charge in [-0.1, -0.05) is 35.9 Å². The number of anilines is 2. The minimum Gasteiger partial charge on any atom is -0.308 e. The number of carbonyl (C=O) groups is 1. The number of urea groups is 1. The highest BCUT2D eigenvalue weighted by Crippen LogP contribution is 2.22. The van der Waals surface area contributed by atoms with E-state index in [1.165, 1.54) is 0 Å². The predicted molar refractivity (Wildman–Crippen MR) is 90.6 cm³/mol. The van der Waals surface area contributed by atoms with Crippen molar-refractivity contribution in [3.63, 3.8) is 0 Å². The zero-order chi connectivity index (χ0) is 15.5. The number of rotatable bonds is 2. The number of para-hydroxylation sites is 1. The molecule has 2 N–H and O–H groups in total. The molecule has 0 saturated heterocycles. The summed E-state index contributed by atoms with van der Waals surface area (Å²) in [7, 11) is 0. The first kappa shape index (κ1) is 14.4. The highest BCUT2D eigenvalue weighted by atomic mass is 35.5. The molecular formula is C17H14ClN3O. The van der Waals surface area contributed by atoms with Crippen LogP contribution in [0.5, 0.6) is 0 Å². The Morgan fingerprint density at radius 1 is 1.09 bits per heavy atom. The molecule has 1 heterocycles. The average Bonchev–Trinajstić information content (AvgIpc) is 2.51. The van der Waals surface area contributed by atoms with Crippen molar-refractivity contribution in [1.82, 2.24) is 4.98 Å². The number of fused-ring (bicyclic) bond motifs is 1. The van der Waals surface area contributed by atoms with Crippen LogP contribution in [0.4, 0.5) is 16.2 Å². The smallest absolute Gasteiger partial charge is 0.308 e. The van der Waals surface area contributed by atoms with E-state index in [1.54, 1.807) is 18.3 Å². The molecule has 110 valence electrons. The molecule has 0 spiro atoms. The third kappa shape index (κ3) is 3.02. The minimum absolute atomic E-state index is 0.323. The quantitative estimate of drug-likeness (QED) is 0.711. The Kier molecular flexibility index (Phi) is 3.94. The van der Waals surface area contributed by atoms with Crippen molar-refractivity contribution >= 4 is 39.9 Å². The van der Waals surface area contributed by atoms with Crippen LogP contribution in [-0.2, 0) is 0 Å². The molecule has 3 rings (SSSR count). The summed E-state index contributed by atoms with van der Waals surface area (Å²) in [6.45, 7) is 1.91. The van der Waals surface area contributed by atoms with Gasteiger partial charge in [-0.3, -0.25) is 4.98 Å². The van der Waals surface area contributed by atoms with E-state index in [0.717, 1.165) is 16.5 Å². The van der Waals surface area contributed by atoms with Crippen LogP contribution in [0.1, 0.15) is 5.56 Å². The van der Waals surface area contributed by atoms with Crippen molar-refractivity contribution in [2.45, 2.75) is 6.92 Å². The van der Waals surface area contributed by atoms with Crippen LogP contribution in [-0.4, -0.2) is 11.0 Å². The summed E-state index contributed by atoms with van der Waals surface area (Å²) in [5.74, 6) is 0. The maximum absolute atomic E-state index is 12.1. The molecule has 0 aliphatic carbocycles. The second-order valence-electron chi connectivity index (χ2n) is 4.92. The Morgan fingerprint density at radius 3 is 2.73 bits per heavy atom. The van der Waals surface area contributed by atoms with Gasteiger partial charge in [0.25, 0.3) is 0 Å². The summed E-state index contributed by atoms with van der Waals surface area (Å²) < 4.78 is 0. The minimum atomic E-state index is -0.323. The maximum atomic E-state index is 12.1. The molecular weight excluding hydrogens is 298 g/mol. The van der Waals surface area contributed by atoms with Crippen LogP contribution < -0.4 is 10.6 Å². The van der Waals surface area contributed by atoms with E-state index in [4.69, 9.17) is 11.6 Å². The lowest BCUT2D eigenvalue weighted by Crippen LogP contribution is -2.19. The SMILES string of the molecule is Cc1ccc(NC(=O)Nc2ccnc3ccccc23)cc1Cl. The monoisotopic (exact) mass is 311 g/mol. The number of pyridine rings is 1. The Bertz CT molecular complexity index is 843.